The monoisotopic (exact) mass is 838 g/mol. The molecule has 0 atom stereocenters. The lowest BCUT2D eigenvalue weighted by atomic mass is 9.95. The number of anilines is 6. The predicted octanol–water partition coefficient (Wildman–Crippen LogP) is 17.0. The molecule has 0 N–H and O–H groups in total. The summed E-state index contributed by atoms with van der Waals surface area (Å²) in [6, 6.07) is 77.6. The Labute approximate surface area is 382 Å². The summed E-state index contributed by atoms with van der Waals surface area (Å²) in [5.74, 6) is 0.880. The molecule has 66 heavy (non-hydrogen) atoms. The van der Waals surface area contributed by atoms with E-state index in [0.717, 1.165) is 34.3 Å². The second-order valence-corrected chi connectivity index (χ2v) is 17.3. The predicted molar refractivity (Wildman–Crippen MR) is 276 cm³/mol. The minimum atomic E-state index is 0.880. The first-order valence-electron chi connectivity index (χ1n) is 22.5. The van der Waals surface area contributed by atoms with Gasteiger partial charge in [-0.05, 0) is 149 Å². The number of benzene rings is 10. The molecule has 4 heteroatoms. The normalized spacial score (nSPS) is 11.9. The smallest absolute Gasteiger partial charge is 0.137 e. The summed E-state index contributed by atoms with van der Waals surface area (Å²) < 4.78 is 0. The largest absolute Gasteiger partial charge is 0.309 e. The Morgan fingerprint density at radius 1 is 0.288 bits per heavy atom. The Bertz CT molecular complexity index is 3920. The average molecular weight is 839 g/mol. The highest BCUT2D eigenvalue weighted by molar-refractivity contribution is 6.21. The van der Waals surface area contributed by atoms with Gasteiger partial charge in [-0.15, -0.1) is 0 Å². The highest BCUT2D eigenvalue weighted by Crippen LogP contribution is 2.54. The summed E-state index contributed by atoms with van der Waals surface area (Å²) in [6.45, 7) is 0. The third-order valence-electron chi connectivity index (χ3n) is 13.8. The first-order chi connectivity index (χ1) is 32.7. The molecule has 2 aliphatic rings. The second-order valence-electron chi connectivity index (χ2n) is 17.3. The fourth-order valence-corrected chi connectivity index (χ4v) is 10.9. The van der Waals surface area contributed by atoms with Crippen molar-refractivity contribution in [3.63, 3.8) is 0 Å². The number of rotatable bonds is 7. The molecular formula is C62H38N4. The molecule has 2 aromatic heterocycles. The minimum absolute atomic E-state index is 0.880. The quantitative estimate of drug-likeness (QED) is 0.160. The Kier molecular flexibility index (Phi) is 7.95. The van der Waals surface area contributed by atoms with Crippen LogP contribution in [0.2, 0.25) is 0 Å². The van der Waals surface area contributed by atoms with E-state index in [0.29, 0.717) is 0 Å². The van der Waals surface area contributed by atoms with Crippen LogP contribution in [0.4, 0.5) is 34.3 Å². The third kappa shape index (κ3) is 5.45. The lowest BCUT2D eigenvalue weighted by molar-refractivity contribution is 1.19. The van der Waals surface area contributed by atoms with E-state index < -0.39 is 0 Å². The van der Waals surface area contributed by atoms with Crippen molar-refractivity contribution in [1.29, 1.82) is 0 Å². The van der Waals surface area contributed by atoms with Crippen molar-refractivity contribution in [3.05, 3.63) is 231 Å². The zero-order valence-electron chi connectivity index (χ0n) is 35.7. The van der Waals surface area contributed by atoms with E-state index in [2.05, 4.69) is 221 Å². The fraction of sp³-hybridized carbons (Fsp3) is 0. The number of hydrogen-bond donors (Lipinski definition) is 0. The van der Waals surface area contributed by atoms with E-state index in [9.17, 15) is 0 Å². The van der Waals surface area contributed by atoms with Crippen molar-refractivity contribution in [3.8, 4) is 55.6 Å². The van der Waals surface area contributed by atoms with Crippen LogP contribution in [-0.4, -0.2) is 9.97 Å². The molecule has 14 rings (SSSR count). The Morgan fingerprint density at radius 2 is 0.864 bits per heavy atom. The maximum absolute atomic E-state index is 4.88. The topological polar surface area (TPSA) is 32.3 Å². The summed E-state index contributed by atoms with van der Waals surface area (Å²) >= 11 is 0. The Hall–Kier alpha value is -8.86. The van der Waals surface area contributed by atoms with E-state index in [1.165, 1.54) is 98.7 Å². The van der Waals surface area contributed by atoms with Gasteiger partial charge in [-0.2, -0.15) is 0 Å². The lowest BCUT2D eigenvalue weighted by Crippen LogP contribution is -2.12. The van der Waals surface area contributed by atoms with Gasteiger partial charge in [-0.1, -0.05) is 146 Å². The number of nitrogens with zero attached hydrogens (tertiary/aromatic N) is 4. The van der Waals surface area contributed by atoms with Crippen molar-refractivity contribution >= 4 is 77.3 Å². The molecule has 4 nitrogen and oxygen atoms in total. The van der Waals surface area contributed by atoms with E-state index in [4.69, 9.17) is 4.98 Å². The third-order valence-corrected chi connectivity index (χ3v) is 13.8. The summed E-state index contributed by atoms with van der Waals surface area (Å²) in [5.41, 5.74) is 18.1. The van der Waals surface area contributed by atoms with Gasteiger partial charge in [-0.3, -0.25) is 9.88 Å². The number of pyridine rings is 2. The molecular weight excluding hydrogens is 801 g/mol. The van der Waals surface area contributed by atoms with E-state index in [1.807, 2.05) is 24.7 Å². The summed E-state index contributed by atoms with van der Waals surface area (Å²) in [6.07, 6.45) is 5.64. The van der Waals surface area contributed by atoms with Crippen LogP contribution in [-0.2, 0) is 0 Å². The van der Waals surface area contributed by atoms with Gasteiger partial charge in [0.2, 0.25) is 0 Å². The zero-order valence-corrected chi connectivity index (χ0v) is 35.7. The highest BCUT2D eigenvalue weighted by Gasteiger charge is 2.28. The first kappa shape index (κ1) is 36.6. The van der Waals surface area contributed by atoms with Crippen LogP contribution >= 0.6 is 0 Å². The van der Waals surface area contributed by atoms with Gasteiger partial charge < -0.3 is 4.90 Å². The molecule has 0 amide bonds. The molecule has 12 aromatic rings. The van der Waals surface area contributed by atoms with Gasteiger partial charge in [0, 0.05) is 46.1 Å². The molecule has 0 unspecified atom stereocenters. The van der Waals surface area contributed by atoms with E-state index in [1.54, 1.807) is 0 Å². The number of hydrogen-bond acceptors (Lipinski definition) is 4. The zero-order chi connectivity index (χ0) is 43.3. The molecule has 0 fully saturated rings. The average Bonchev–Trinajstić information content (AvgIpc) is 3.89. The van der Waals surface area contributed by atoms with Gasteiger partial charge >= 0.3 is 0 Å². The highest BCUT2D eigenvalue weighted by atomic mass is 15.2. The van der Waals surface area contributed by atoms with Crippen molar-refractivity contribution in [2.24, 2.45) is 0 Å². The molecule has 0 saturated heterocycles. The molecule has 10 aromatic carbocycles. The second kappa shape index (κ2) is 14.3. The molecule has 2 heterocycles. The van der Waals surface area contributed by atoms with Crippen LogP contribution < -0.4 is 9.80 Å². The van der Waals surface area contributed by atoms with E-state index in [-0.39, 0.29) is 0 Å². The SMILES string of the molecule is c1ccc(N(c2ccc3ccccc3c2)c2ccc3c4c(cccc24)-c2cc(-c4ccc5c(N(c6ccncc6)c6ccc7c8c(cccc68)-c6ccccc6-7)cccc5c4)ccc2-3)nc1. The standard InChI is InChI=1S/C62H38N4/c1-2-11-40-37-45(24-21-39(40)10-1)66(60-20-5-6-33-64-60)59-30-28-53-49-26-23-42(38-56(49)51-16-9-18-55(59)62(51)53)41-22-25-46-43(36-41)12-7-19-57(46)65(44-31-34-63-35-32-44)58-29-27-52-48-14-4-3-13-47(48)50-15-8-17-54(58)61(50)52/h1-38H. The molecule has 0 radical (unpaired) electrons. The van der Waals surface area contributed by atoms with Crippen LogP contribution in [0.25, 0.3) is 98.7 Å². The van der Waals surface area contributed by atoms with Gasteiger partial charge in [0.15, 0.2) is 0 Å². The first-order valence-corrected chi connectivity index (χ1v) is 22.5. The molecule has 0 saturated carbocycles. The number of aromatic nitrogens is 2. The number of fused-ring (bicyclic) bond motifs is 8. The van der Waals surface area contributed by atoms with Crippen LogP contribution in [0.1, 0.15) is 0 Å². The maximum atomic E-state index is 4.88. The van der Waals surface area contributed by atoms with Gasteiger partial charge in [0.1, 0.15) is 5.82 Å². The van der Waals surface area contributed by atoms with Crippen molar-refractivity contribution in [2.45, 2.75) is 0 Å². The maximum Gasteiger partial charge on any atom is 0.137 e. The molecule has 0 aliphatic heterocycles. The van der Waals surface area contributed by atoms with Crippen LogP contribution in [0.3, 0.4) is 0 Å². The summed E-state index contributed by atoms with van der Waals surface area (Å²) in [7, 11) is 0. The summed E-state index contributed by atoms with van der Waals surface area (Å²) in [5, 5.41) is 9.78. The van der Waals surface area contributed by atoms with Gasteiger partial charge in [0.25, 0.3) is 0 Å². The van der Waals surface area contributed by atoms with Crippen LogP contribution in [0.5, 0.6) is 0 Å². The van der Waals surface area contributed by atoms with Crippen molar-refractivity contribution in [1.82, 2.24) is 9.97 Å². The minimum Gasteiger partial charge on any atom is -0.309 e. The van der Waals surface area contributed by atoms with Gasteiger partial charge in [-0.25, -0.2) is 4.98 Å². The van der Waals surface area contributed by atoms with Crippen molar-refractivity contribution in [2.75, 3.05) is 9.80 Å². The molecule has 2 aliphatic carbocycles. The lowest BCUT2D eigenvalue weighted by Gasteiger charge is -2.28. The molecule has 0 bridgehead atoms. The Morgan fingerprint density at radius 3 is 1.62 bits per heavy atom. The fourth-order valence-electron chi connectivity index (χ4n) is 10.9. The van der Waals surface area contributed by atoms with E-state index >= 15 is 0 Å². The molecule has 306 valence electrons. The molecule has 0 spiro atoms. The Balaban J connectivity index is 0.875. The van der Waals surface area contributed by atoms with Gasteiger partial charge in [0.05, 0.1) is 17.1 Å². The van der Waals surface area contributed by atoms with Crippen LogP contribution in [0.15, 0.2) is 231 Å². The van der Waals surface area contributed by atoms with Crippen molar-refractivity contribution < 1.29 is 0 Å². The van der Waals surface area contributed by atoms with Crippen LogP contribution in [0, 0.1) is 0 Å². The summed E-state index contributed by atoms with van der Waals surface area (Å²) in [4.78, 5) is 14.0.